The Morgan fingerprint density at radius 1 is 0.491 bits per heavy atom. The molecule has 0 fully saturated rings. The Kier molecular flexibility index (Phi) is 6.54. The molecule has 0 radical (unpaired) electrons. The standard InChI is InChI=1S/C46H29N5O2/c1-3-12-28(13-4-1)43-48-44(29-14-5-2-6-15-29)50-45(49-43)30-22-23-37-42(25-30)53-46(47-37)31-16-11-17-32(24-31)51-38-20-9-7-18-33(38)35-26-36-34-19-8-10-21-40(34)52-41(36)27-39(35)51/h1-8,10-19,21-27H,9,20H2. The molecule has 1 aliphatic rings. The topological polar surface area (TPSA) is 82.8 Å². The lowest BCUT2D eigenvalue weighted by Crippen LogP contribution is -2.03. The van der Waals surface area contributed by atoms with Crippen LogP contribution in [0.4, 0.5) is 0 Å². The van der Waals surface area contributed by atoms with Gasteiger partial charge in [-0.2, -0.15) is 0 Å². The number of hydrogen-bond donors (Lipinski definition) is 0. The van der Waals surface area contributed by atoms with Crippen molar-refractivity contribution >= 4 is 50.0 Å². The number of oxazole rings is 1. The van der Waals surface area contributed by atoms with Crippen molar-refractivity contribution in [2.75, 3.05) is 0 Å². The van der Waals surface area contributed by atoms with Gasteiger partial charge in [0.15, 0.2) is 23.1 Å². The molecule has 0 spiro atoms. The second kappa shape index (κ2) is 11.7. The predicted molar refractivity (Wildman–Crippen MR) is 211 cm³/mol. The first-order valence-corrected chi connectivity index (χ1v) is 17.8. The molecule has 250 valence electrons. The highest BCUT2D eigenvalue weighted by molar-refractivity contribution is 6.11. The Hall–Kier alpha value is -7.12. The Labute approximate surface area is 303 Å². The molecule has 4 aromatic heterocycles. The second-order valence-electron chi connectivity index (χ2n) is 13.4. The lowest BCUT2D eigenvalue weighted by atomic mass is 10.0. The Bertz CT molecular complexity index is 3010. The van der Waals surface area contributed by atoms with Gasteiger partial charge in [-0.15, -0.1) is 0 Å². The van der Waals surface area contributed by atoms with Crippen LogP contribution in [0.25, 0.3) is 101 Å². The zero-order valence-electron chi connectivity index (χ0n) is 28.4. The summed E-state index contributed by atoms with van der Waals surface area (Å²) in [7, 11) is 0. The van der Waals surface area contributed by atoms with Gasteiger partial charge in [0.2, 0.25) is 5.89 Å². The first-order valence-electron chi connectivity index (χ1n) is 17.8. The van der Waals surface area contributed by atoms with Crippen LogP contribution >= 0.6 is 0 Å². The van der Waals surface area contributed by atoms with Crippen LogP contribution < -0.4 is 0 Å². The van der Waals surface area contributed by atoms with Crippen molar-refractivity contribution in [3.05, 3.63) is 157 Å². The SMILES string of the molecule is C1=Cc2c(n(-c3cccc(-c4nc5ccc(-c6nc(-c7ccccc7)nc(-c7ccccc7)n6)cc5o4)c3)c3cc4oc5ccccc5c4cc23)CC1. The van der Waals surface area contributed by atoms with Gasteiger partial charge < -0.3 is 13.4 Å². The van der Waals surface area contributed by atoms with E-state index in [1.54, 1.807) is 0 Å². The van der Waals surface area contributed by atoms with Crippen LogP contribution in [0.1, 0.15) is 17.7 Å². The molecule has 10 aromatic rings. The summed E-state index contributed by atoms with van der Waals surface area (Å²) in [6, 6.07) is 47.1. The Balaban J connectivity index is 1.01. The molecule has 7 nitrogen and oxygen atoms in total. The van der Waals surface area contributed by atoms with Crippen LogP contribution in [0.2, 0.25) is 0 Å². The van der Waals surface area contributed by atoms with Gasteiger partial charge in [0.05, 0.1) is 5.52 Å². The highest BCUT2D eigenvalue weighted by Gasteiger charge is 2.22. The van der Waals surface area contributed by atoms with Crippen molar-refractivity contribution in [3.8, 4) is 51.3 Å². The van der Waals surface area contributed by atoms with Crippen molar-refractivity contribution in [2.45, 2.75) is 12.8 Å². The van der Waals surface area contributed by atoms with Gasteiger partial charge in [0, 0.05) is 61.4 Å². The molecule has 1 aliphatic carbocycles. The molecular weight excluding hydrogens is 655 g/mol. The summed E-state index contributed by atoms with van der Waals surface area (Å²) >= 11 is 0. The van der Waals surface area contributed by atoms with Gasteiger partial charge in [-0.05, 0) is 61.4 Å². The van der Waals surface area contributed by atoms with Gasteiger partial charge in [-0.3, -0.25) is 0 Å². The van der Waals surface area contributed by atoms with Crippen LogP contribution in [-0.2, 0) is 6.42 Å². The molecule has 0 atom stereocenters. The molecule has 0 aliphatic heterocycles. The Morgan fingerprint density at radius 2 is 1.21 bits per heavy atom. The molecule has 0 amide bonds. The van der Waals surface area contributed by atoms with Gasteiger partial charge >= 0.3 is 0 Å². The highest BCUT2D eigenvalue weighted by atomic mass is 16.3. The predicted octanol–water partition coefficient (Wildman–Crippen LogP) is 11.5. The van der Waals surface area contributed by atoms with Gasteiger partial charge in [-0.1, -0.05) is 97.1 Å². The van der Waals surface area contributed by atoms with Gasteiger partial charge in [0.1, 0.15) is 16.7 Å². The summed E-state index contributed by atoms with van der Waals surface area (Å²) in [5.74, 6) is 2.34. The lowest BCUT2D eigenvalue weighted by Gasteiger charge is -2.14. The fourth-order valence-corrected chi connectivity index (χ4v) is 7.63. The zero-order chi connectivity index (χ0) is 34.9. The molecule has 0 N–H and O–H groups in total. The maximum atomic E-state index is 6.49. The van der Waals surface area contributed by atoms with Crippen LogP contribution in [0.15, 0.2) is 154 Å². The number of aromatic nitrogens is 5. The molecule has 6 aromatic carbocycles. The van der Waals surface area contributed by atoms with Gasteiger partial charge in [0.25, 0.3) is 0 Å². The minimum absolute atomic E-state index is 0.550. The normalized spacial score (nSPS) is 12.7. The minimum Gasteiger partial charge on any atom is -0.456 e. The number of nitrogens with zero attached hydrogens (tertiary/aromatic N) is 5. The number of para-hydroxylation sites is 1. The number of hydrogen-bond acceptors (Lipinski definition) is 6. The third-order valence-corrected chi connectivity index (χ3v) is 10.1. The summed E-state index contributed by atoms with van der Waals surface area (Å²) in [5, 5.41) is 3.49. The van der Waals surface area contributed by atoms with E-state index in [4.69, 9.17) is 28.8 Å². The highest BCUT2D eigenvalue weighted by Crippen LogP contribution is 2.40. The van der Waals surface area contributed by atoms with E-state index in [9.17, 15) is 0 Å². The van der Waals surface area contributed by atoms with Crippen LogP contribution in [-0.4, -0.2) is 24.5 Å². The van der Waals surface area contributed by atoms with Crippen LogP contribution in [0, 0.1) is 0 Å². The number of benzene rings is 6. The molecule has 0 saturated carbocycles. The average molecular weight is 684 g/mol. The summed E-state index contributed by atoms with van der Waals surface area (Å²) in [5.41, 5.74) is 11.5. The first-order chi connectivity index (χ1) is 26.2. The quantitative estimate of drug-likeness (QED) is 0.180. The smallest absolute Gasteiger partial charge is 0.227 e. The van der Waals surface area contributed by atoms with Crippen molar-refractivity contribution in [1.82, 2.24) is 24.5 Å². The summed E-state index contributed by atoms with van der Waals surface area (Å²) in [6.45, 7) is 0. The molecule has 0 bridgehead atoms. The largest absolute Gasteiger partial charge is 0.456 e. The number of allylic oxidation sites excluding steroid dienone is 1. The third-order valence-electron chi connectivity index (χ3n) is 10.1. The van der Waals surface area contributed by atoms with E-state index in [2.05, 4.69) is 65.3 Å². The third kappa shape index (κ3) is 4.89. The van der Waals surface area contributed by atoms with E-state index >= 15 is 0 Å². The van der Waals surface area contributed by atoms with Crippen molar-refractivity contribution < 1.29 is 8.83 Å². The fourth-order valence-electron chi connectivity index (χ4n) is 7.63. The molecule has 0 saturated heterocycles. The van der Waals surface area contributed by atoms with E-state index in [0.717, 1.165) is 73.8 Å². The molecule has 11 rings (SSSR count). The molecule has 7 heteroatoms. The number of fused-ring (bicyclic) bond motifs is 7. The van der Waals surface area contributed by atoms with E-state index in [-0.39, 0.29) is 0 Å². The summed E-state index contributed by atoms with van der Waals surface area (Å²) in [4.78, 5) is 19.6. The van der Waals surface area contributed by atoms with Crippen LogP contribution in [0.3, 0.4) is 0 Å². The lowest BCUT2D eigenvalue weighted by molar-refractivity contribution is 0.620. The van der Waals surface area contributed by atoms with Crippen molar-refractivity contribution in [2.24, 2.45) is 0 Å². The molecule has 53 heavy (non-hydrogen) atoms. The monoisotopic (exact) mass is 683 g/mol. The van der Waals surface area contributed by atoms with Gasteiger partial charge in [-0.25, -0.2) is 19.9 Å². The Morgan fingerprint density at radius 3 is 2.00 bits per heavy atom. The maximum Gasteiger partial charge on any atom is 0.227 e. The van der Waals surface area contributed by atoms with Crippen molar-refractivity contribution in [1.29, 1.82) is 0 Å². The summed E-state index contributed by atoms with van der Waals surface area (Å²) in [6.07, 6.45) is 6.49. The minimum atomic E-state index is 0.550. The molecule has 4 heterocycles. The number of furan rings is 1. The van der Waals surface area contributed by atoms with E-state index in [1.165, 1.54) is 16.6 Å². The second-order valence-corrected chi connectivity index (χ2v) is 13.4. The average Bonchev–Trinajstić information content (AvgIpc) is 3.92. The zero-order valence-corrected chi connectivity index (χ0v) is 28.4. The molecule has 0 unspecified atom stereocenters. The molecular formula is C46H29N5O2. The number of rotatable bonds is 5. The first kappa shape index (κ1) is 29.6. The van der Waals surface area contributed by atoms with E-state index in [0.29, 0.717) is 28.9 Å². The summed E-state index contributed by atoms with van der Waals surface area (Å²) < 4.78 is 15.2. The van der Waals surface area contributed by atoms with Crippen LogP contribution in [0.5, 0.6) is 0 Å². The maximum absolute atomic E-state index is 6.49. The van der Waals surface area contributed by atoms with E-state index < -0.39 is 0 Å². The van der Waals surface area contributed by atoms with E-state index in [1.807, 2.05) is 91.0 Å². The fraction of sp³-hybridized carbons (Fsp3) is 0.0435. The van der Waals surface area contributed by atoms with Crippen molar-refractivity contribution in [3.63, 3.8) is 0 Å².